The Hall–Kier alpha value is -4.17. The summed E-state index contributed by atoms with van der Waals surface area (Å²) in [6.45, 7) is 0. The molecule has 0 bridgehead atoms. The third-order valence-electron chi connectivity index (χ3n) is 5.09. The van der Waals surface area contributed by atoms with Gasteiger partial charge < -0.3 is 10.3 Å². The number of hydrogen-bond donors (Lipinski definition) is 3. The Morgan fingerprint density at radius 3 is 2.16 bits per heavy atom. The number of hydrogen-bond acceptors (Lipinski definition) is 5. The van der Waals surface area contributed by atoms with Gasteiger partial charge in [-0.2, -0.15) is 0 Å². The number of nitrogens with zero attached hydrogens (tertiary/aromatic N) is 1. The number of rotatable bonds is 5. The van der Waals surface area contributed by atoms with Gasteiger partial charge in [0.25, 0.3) is 15.6 Å². The van der Waals surface area contributed by atoms with Gasteiger partial charge in [-0.05, 0) is 48.5 Å². The molecule has 5 rings (SSSR count). The molecule has 0 aliphatic carbocycles. The first kappa shape index (κ1) is 19.8. The van der Waals surface area contributed by atoms with Crippen molar-refractivity contribution >= 4 is 48.9 Å². The minimum atomic E-state index is -3.65. The summed E-state index contributed by atoms with van der Waals surface area (Å²) in [6.07, 6.45) is 1.62. The molecule has 32 heavy (non-hydrogen) atoms. The van der Waals surface area contributed by atoms with Crippen molar-refractivity contribution in [2.24, 2.45) is 0 Å². The van der Waals surface area contributed by atoms with Gasteiger partial charge >= 0.3 is 0 Å². The highest BCUT2D eigenvalue weighted by Crippen LogP contribution is 2.30. The lowest BCUT2D eigenvalue weighted by molar-refractivity contribution is 0.601. The number of anilines is 3. The first-order valence-electron chi connectivity index (χ1n) is 9.86. The lowest BCUT2D eigenvalue weighted by Gasteiger charge is -2.12. The van der Waals surface area contributed by atoms with E-state index in [0.717, 1.165) is 22.1 Å². The lowest BCUT2D eigenvalue weighted by atomic mass is 10.1. The topological polar surface area (TPSA) is 104 Å². The predicted octanol–water partition coefficient (Wildman–Crippen LogP) is 4.62. The molecule has 3 aromatic carbocycles. The molecule has 3 N–H and O–H groups in total. The first-order chi connectivity index (χ1) is 15.5. The zero-order valence-electron chi connectivity index (χ0n) is 16.7. The van der Waals surface area contributed by atoms with Crippen LogP contribution in [0.3, 0.4) is 0 Å². The van der Waals surface area contributed by atoms with E-state index in [0.29, 0.717) is 16.7 Å². The van der Waals surface area contributed by atoms with Crippen LogP contribution >= 0.6 is 0 Å². The maximum atomic E-state index is 12.5. The molecule has 2 aromatic heterocycles. The third-order valence-corrected chi connectivity index (χ3v) is 6.49. The predicted molar refractivity (Wildman–Crippen MR) is 127 cm³/mol. The summed E-state index contributed by atoms with van der Waals surface area (Å²) in [7, 11) is -3.65. The Balaban J connectivity index is 1.47. The van der Waals surface area contributed by atoms with Crippen molar-refractivity contribution < 1.29 is 8.42 Å². The smallest absolute Gasteiger partial charge is 0.261 e. The molecule has 2 heterocycles. The van der Waals surface area contributed by atoms with E-state index in [1.54, 1.807) is 66.9 Å². The quantitative estimate of drug-likeness (QED) is 0.345. The summed E-state index contributed by atoms with van der Waals surface area (Å²) < 4.78 is 27.6. The second-order valence-corrected chi connectivity index (χ2v) is 8.89. The molecule has 0 radical (unpaired) electrons. The fourth-order valence-electron chi connectivity index (χ4n) is 3.60. The van der Waals surface area contributed by atoms with Crippen LogP contribution in [0.25, 0.3) is 21.8 Å². The number of nitrogens with one attached hydrogen (secondary N) is 3. The highest BCUT2D eigenvalue weighted by Gasteiger charge is 2.14. The Labute approximate surface area is 183 Å². The van der Waals surface area contributed by atoms with Crippen LogP contribution in [0.2, 0.25) is 0 Å². The molecule has 158 valence electrons. The molecule has 8 heteroatoms. The highest BCUT2D eigenvalue weighted by molar-refractivity contribution is 7.92. The van der Waals surface area contributed by atoms with Crippen LogP contribution in [0, 0.1) is 0 Å². The van der Waals surface area contributed by atoms with Crippen LogP contribution in [0.1, 0.15) is 0 Å². The van der Waals surface area contributed by atoms with Gasteiger partial charge in [0.15, 0.2) is 0 Å². The van der Waals surface area contributed by atoms with E-state index < -0.39 is 10.0 Å². The molecule has 5 aromatic rings. The van der Waals surface area contributed by atoms with Crippen LogP contribution in [-0.2, 0) is 10.0 Å². The number of fused-ring (bicyclic) bond motifs is 3. The molecule has 0 atom stereocenters. The average molecular weight is 443 g/mol. The standard InChI is InChI=1S/C24H18N4O3S/c29-24-20-9-5-4-8-19(20)22-21(14-15-25-23(22)27-24)26-16-10-12-17(13-11-16)28-32(30,31)18-6-2-1-3-7-18/h1-15,28H,(H2,25,26,27,29). The van der Waals surface area contributed by atoms with Gasteiger partial charge in [-0.1, -0.05) is 36.4 Å². The summed E-state index contributed by atoms with van der Waals surface area (Å²) in [5.74, 6) is 0. The van der Waals surface area contributed by atoms with E-state index in [2.05, 4.69) is 20.0 Å². The molecule has 0 aliphatic heterocycles. The molecule has 0 aliphatic rings. The summed E-state index contributed by atoms with van der Waals surface area (Å²) >= 11 is 0. The summed E-state index contributed by atoms with van der Waals surface area (Å²) in [6, 6.07) is 24.3. The monoisotopic (exact) mass is 442 g/mol. The largest absolute Gasteiger partial charge is 0.355 e. The van der Waals surface area contributed by atoms with E-state index in [4.69, 9.17) is 0 Å². The lowest BCUT2D eigenvalue weighted by Crippen LogP contribution is -2.12. The number of aromatic amines is 1. The highest BCUT2D eigenvalue weighted by atomic mass is 32.2. The van der Waals surface area contributed by atoms with Gasteiger partial charge in [0.1, 0.15) is 5.65 Å². The van der Waals surface area contributed by atoms with E-state index in [1.165, 1.54) is 0 Å². The van der Waals surface area contributed by atoms with Crippen LogP contribution in [0.5, 0.6) is 0 Å². The van der Waals surface area contributed by atoms with Crippen molar-refractivity contribution in [2.75, 3.05) is 10.0 Å². The number of pyridine rings is 2. The van der Waals surface area contributed by atoms with Crippen LogP contribution < -0.4 is 15.6 Å². The number of aromatic nitrogens is 2. The van der Waals surface area contributed by atoms with Crippen molar-refractivity contribution in [3.8, 4) is 0 Å². The summed E-state index contributed by atoms with van der Waals surface area (Å²) in [5, 5.41) is 5.53. The first-order valence-corrected chi connectivity index (χ1v) is 11.3. The third kappa shape index (κ3) is 3.67. The van der Waals surface area contributed by atoms with E-state index in [-0.39, 0.29) is 10.5 Å². The Morgan fingerprint density at radius 2 is 1.41 bits per heavy atom. The molecule has 0 saturated carbocycles. The molecular formula is C24H18N4O3S. The fraction of sp³-hybridized carbons (Fsp3) is 0. The second-order valence-electron chi connectivity index (χ2n) is 7.20. The fourth-order valence-corrected chi connectivity index (χ4v) is 4.68. The van der Waals surface area contributed by atoms with Crippen LogP contribution in [0.4, 0.5) is 17.1 Å². The Morgan fingerprint density at radius 1 is 0.750 bits per heavy atom. The maximum absolute atomic E-state index is 12.5. The molecule has 0 amide bonds. The zero-order valence-corrected chi connectivity index (χ0v) is 17.6. The number of H-pyrrole nitrogens is 1. The van der Waals surface area contributed by atoms with Crippen molar-refractivity contribution in [1.29, 1.82) is 0 Å². The van der Waals surface area contributed by atoms with Crippen molar-refractivity contribution in [1.82, 2.24) is 9.97 Å². The zero-order chi connectivity index (χ0) is 22.1. The Bertz CT molecular complexity index is 1600. The Kier molecular flexibility index (Phi) is 4.84. The minimum absolute atomic E-state index is 0.187. The molecule has 0 fully saturated rings. The molecule has 0 saturated heterocycles. The second kappa shape index (κ2) is 7.82. The summed E-state index contributed by atoms with van der Waals surface area (Å²) in [5.41, 5.74) is 2.29. The van der Waals surface area contributed by atoms with Gasteiger partial charge in [-0.15, -0.1) is 0 Å². The van der Waals surface area contributed by atoms with Crippen LogP contribution in [-0.4, -0.2) is 18.4 Å². The SMILES string of the molecule is O=c1[nH]c2nccc(Nc3ccc(NS(=O)(=O)c4ccccc4)cc3)c2c2ccccc12. The minimum Gasteiger partial charge on any atom is -0.355 e. The summed E-state index contributed by atoms with van der Waals surface area (Å²) in [4.78, 5) is 19.7. The van der Waals surface area contributed by atoms with Gasteiger partial charge in [-0.25, -0.2) is 13.4 Å². The van der Waals surface area contributed by atoms with Gasteiger partial charge in [0, 0.05) is 33.7 Å². The van der Waals surface area contributed by atoms with Gasteiger partial charge in [-0.3, -0.25) is 9.52 Å². The van der Waals surface area contributed by atoms with Gasteiger partial charge in [0.05, 0.1) is 10.6 Å². The normalized spacial score (nSPS) is 11.5. The number of sulfonamides is 1. The molecule has 0 unspecified atom stereocenters. The number of benzene rings is 3. The average Bonchev–Trinajstić information content (AvgIpc) is 2.81. The molecular weight excluding hydrogens is 424 g/mol. The van der Waals surface area contributed by atoms with Crippen LogP contribution in [0.15, 0.2) is 101 Å². The van der Waals surface area contributed by atoms with Gasteiger partial charge in [0.2, 0.25) is 0 Å². The molecule has 0 spiro atoms. The van der Waals surface area contributed by atoms with E-state index in [1.807, 2.05) is 24.3 Å². The molecule has 7 nitrogen and oxygen atoms in total. The van der Waals surface area contributed by atoms with Crippen molar-refractivity contribution in [2.45, 2.75) is 4.90 Å². The van der Waals surface area contributed by atoms with Crippen molar-refractivity contribution in [3.05, 3.63) is 101 Å². The van der Waals surface area contributed by atoms with E-state index in [9.17, 15) is 13.2 Å². The maximum Gasteiger partial charge on any atom is 0.261 e. The van der Waals surface area contributed by atoms with E-state index >= 15 is 0 Å². The van der Waals surface area contributed by atoms with Crippen molar-refractivity contribution in [3.63, 3.8) is 0 Å².